The van der Waals surface area contributed by atoms with Crippen LogP contribution < -0.4 is 29.6 Å². The van der Waals surface area contributed by atoms with Crippen LogP contribution in [0.4, 0.5) is 0 Å². The molecule has 50 heavy (non-hydrogen) atoms. The zero-order chi connectivity index (χ0) is 34.5. The Hall–Kier alpha value is -4.04. The normalized spacial score (nSPS) is 16.7. The molecule has 0 bridgehead atoms. The molecule has 2 aromatic carbocycles. The van der Waals surface area contributed by atoms with Gasteiger partial charge in [-0.2, -0.15) is 0 Å². The molecule has 0 heterocycles. The van der Waals surface area contributed by atoms with E-state index in [2.05, 4.69) is 74.7 Å². The molecular weight excluding hydrogens is 704 g/mol. The predicted molar refractivity (Wildman–Crippen MR) is 185 cm³/mol. The van der Waals surface area contributed by atoms with Gasteiger partial charge in [0.05, 0.1) is 0 Å². The smallest absolute Gasteiger partial charge is 0.481 e. The first-order valence-electron chi connectivity index (χ1n) is 13.8. The number of carbonyl (C=O) groups is 3. The van der Waals surface area contributed by atoms with Crippen molar-refractivity contribution in [1.29, 1.82) is 0 Å². The number of nitrogens with zero attached hydrogens (tertiary/aromatic N) is 9. The fourth-order valence-electron chi connectivity index (χ4n) is 4.37. The molecule has 19 heteroatoms. The Morgan fingerprint density at radius 2 is 1.02 bits per heavy atom. The fourth-order valence-corrected chi connectivity index (χ4v) is 4.37. The molecule has 1 saturated carbocycles. The Morgan fingerprint density at radius 1 is 0.660 bits per heavy atom. The monoisotopic (exact) mass is 752 g/mol. The average Bonchev–Trinajstić information content (AvgIpc) is 3.00. The quantitative estimate of drug-likeness (QED) is 0.127. The van der Waals surface area contributed by atoms with Gasteiger partial charge in [-0.1, -0.05) is 90.5 Å². The molecule has 1 radical (unpaired) electrons. The second kappa shape index (κ2) is 41.1. The van der Waals surface area contributed by atoms with Crippen molar-refractivity contribution in [3.05, 3.63) is 121 Å². The first-order chi connectivity index (χ1) is 21.4. The minimum Gasteiger partial charge on any atom is -0.481 e. The summed E-state index contributed by atoms with van der Waals surface area (Å²) >= 11 is 0. The molecule has 0 amide bonds. The summed E-state index contributed by atoms with van der Waals surface area (Å²) in [5, 5.41) is 29.8. The number of benzene rings is 2. The molecule has 273 valence electrons. The van der Waals surface area contributed by atoms with Crippen LogP contribution in [0.3, 0.4) is 0 Å². The van der Waals surface area contributed by atoms with Crippen LogP contribution >= 0.6 is 0 Å². The van der Waals surface area contributed by atoms with Crippen LogP contribution in [0, 0.1) is 0 Å². The number of rotatable bonds is 4. The van der Waals surface area contributed by atoms with Crippen molar-refractivity contribution < 1.29 is 87.3 Å². The number of aliphatic carboxylic acids is 3. The first-order valence-corrected chi connectivity index (χ1v) is 13.8. The van der Waals surface area contributed by atoms with Crippen molar-refractivity contribution in [1.82, 2.24) is 0 Å². The van der Waals surface area contributed by atoms with E-state index < -0.39 is 17.9 Å². The number of hydrogen-bond acceptors (Lipinski definition) is 5. The summed E-state index contributed by atoms with van der Waals surface area (Å²) in [6, 6.07) is 20.6. The van der Waals surface area contributed by atoms with Crippen LogP contribution in [0.2, 0.25) is 0 Å². The molecule has 17 nitrogen and oxygen atoms in total. The van der Waals surface area contributed by atoms with Gasteiger partial charge in [0.25, 0.3) is 17.9 Å². The third-order valence-electron chi connectivity index (χ3n) is 5.99. The van der Waals surface area contributed by atoms with Gasteiger partial charge < -0.3 is 37.3 Å². The summed E-state index contributed by atoms with van der Waals surface area (Å²) in [5.41, 5.74) is 33.4. The molecule has 4 unspecified atom stereocenters. The van der Waals surface area contributed by atoms with E-state index in [1.165, 1.54) is 35.3 Å². The van der Waals surface area contributed by atoms with Crippen molar-refractivity contribution in [2.75, 3.05) is 0 Å². The fraction of sp³-hybridized carbons (Fsp3) is 0.452. The minimum absolute atomic E-state index is 0. The third-order valence-corrected chi connectivity index (χ3v) is 5.99. The largest absolute Gasteiger partial charge is 1.00 e. The number of carboxylic acid groups (broad SMARTS) is 3. The van der Waals surface area contributed by atoms with Crippen LogP contribution in [0.15, 0.2) is 83.0 Å². The van der Waals surface area contributed by atoms with Crippen LogP contribution in [0.1, 0.15) is 89.7 Å². The molecule has 0 aromatic heterocycles. The Kier molecular flexibility index (Phi) is 50.3. The number of hydrogen-bond donors (Lipinski definition) is 3. The Labute approximate surface area is 325 Å². The molecule has 0 spiro atoms. The van der Waals surface area contributed by atoms with Gasteiger partial charge in [0, 0.05) is 59.7 Å². The molecule has 7 N–H and O–H groups in total. The number of azide groups is 2. The van der Waals surface area contributed by atoms with E-state index in [1.807, 2.05) is 18.2 Å². The van der Waals surface area contributed by atoms with E-state index in [4.69, 9.17) is 51.8 Å². The minimum atomic E-state index is -0.833. The van der Waals surface area contributed by atoms with Crippen LogP contribution in [-0.4, -0.2) is 56.3 Å². The Balaban J connectivity index is -0.000000101. The van der Waals surface area contributed by atoms with Crippen molar-refractivity contribution in [2.45, 2.75) is 90.6 Å². The molecule has 2 aliphatic rings. The first kappa shape index (κ1) is 61.2. The third kappa shape index (κ3) is 36.8. The van der Waals surface area contributed by atoms with Gasteiger partial charge >= 0.3 is 29.6 Å². The maximum Gasteiger partial charge on any atom is 1.00 e. The Bertz CT molecular complexity index is 1270. The van der Waals surface area contributed by atoms with E-state index in [1.54, 1.807) is 0 Å². The number of allylic oxidation sites excluding steroid dienone is 2. The summed E-state index contributed by atoms with van der Waals surface area (Å²) in [6.45, 7) is 3.25. The van der Waals surface area contributed by atoms with E-state index in [-0.39, 0.29) is 77.1 Å². The summed E-state index contributed by atoms with van der Waals surface area (Å²) in [6.07, 6.45) is 10.9. The molecule has 0 saturated heterocycles. The summed E-state index contributed by atoms with van der Waals surface area (Å²) in [7, 11) is 0. The van der Waals surface area contributed by atoms with Crippen LogP contribution in [-0.2, 0) is 31.5 Å². The van der Waals surface area contributed by atoms with Gasteiger partial charge in [-0.15, -0.1) is 0 Å². The SMILES string of the molecule is C.C1=CCC(c2ccccc2)CC1.CC(=O)O.CC(=O)O.CC(=O)O.O.O.[Mn].[N-]=[N+]=NC1CCC(c2ccccc2)CC1N=[N+]=[N-].[N-]=[N+]=[N-].[Na+]. The Morgan fingerprint density at radius 3 is 1.36 bits per heavy atom. The summed E-state index contributed by atoms with van der Waals surface area (Å²) < 4.78 is 0. The molecule has 0 aliphatic heterocycles. The second-order valence-corrected chi connectivity index (χ2v) is 9.50. The van der Waals surface area contributed by atoms with E-state index >= 15 is 0 Å². The van der Waals surface area contributed by atoms with Gasteiger partial charge in [-0.25, -0.2) is 0 Å². The molecule has 4 atom stereocenters. The van der Waals surface area contributed by atoms with E-state index in [0.29, 0.717) is 5.92 Å². The second-order valence-electron chi connectivity index (χ2n) is 9.50. The summed E-state index contributed by atoms with van der Waals surface area (Å²) in [5.74, 6) is -1.34. The maximum atomic E-state index is 9.00. The van der Waals surface area contributed by atoms with Gasteiger partial charge in [0.1, 0.15) is 0 Å². The zero-order valence-electron chi connectivity index (χ0n) is 27.9. The maximum absolute atomic E-state index is 9.00. The molecular formula is C31H48MnN9NaO8. The topological polar surface area (TPSA) is 331 Å². The van der Waals surface area contributed by atoms with Gasteiger partial charge in [-0.05, 0) is 72.5 Å². The van der Waals surface area contributed by atoms with Gasteiger partial charge in [0.2, 0.25) is 0 Å². The zero-order valence-corrected chi connectivity index (χ0v) is 31.1. The molecule has 2 aliphatic carbocycles. The molecule has 4 rings (SSSR count). The standard InChI is InChI=1S/C12H14N6.C12H14.3C2H4O2.CH4.Mn.N3.Na.2H2O/c13-17-15-11-7-6-10(8-12(11)16-18-14)9-4-2-1-3-5-9;1-3-7-11(8-4-1)12-9-5-2-6-10-12;3*1-2(3)4;;;1-3-2;;;/h1-5,10-12H,6-8H2;1-5,7-8,12H,6,9-10H2;3*1H3,(H,3,4);1H4;;;;2*1H2/q;;;;;;;-1;+1;;. The molecule has 2 aromatic rings. The van der Waals surface area contributed by atoms with Crippen LogP contribution in [0.25, 0.3) is 36.9 Å². The van der Waals surface area contributed by atoms with Crippen molar-refractivity contribution in [2.24, 2.45) is 10.2 Å². The van der Waals surface area contributed by atoms with E-state index in [9.17, 15) is 0 Å². The summed E-state index contributed by atoms with van der Waals surface area (Å²) in [4.78, 5) is 34.2. The average molecular weight is 753 g/mol. The predicted octanol–water partition coefficient (Wildman–Crippen LogP) is 4.95. The van der Waals surface area contributed by atoms with Crippen molar-refractivity contribution in [3.63, 3.8) is 0 Å². The molecule has 1 fully saturated rings. The van der Waals surface area contributed by atoms with Crippen LogP contribution in [0.5, 0.6) is 0 Å². The van der Waals surface area contributed by atoms with Crippen molar-refractivity contribution in [3.8, 4) is 0 Å². The van der Waals surface area contributed by atoms with Gasteiger partial charge in [0.15, 0.2) is 0 Å². The number of carboxylic acids is 3. The van der Waals surface area contributed by atoms with Gasteiger partial charge in [-0.3, -0.25) is 19.3 Å². The van der Waals surface area contributed by atoms with E-state index in [0.717, 1.165) is 46.0 Å². The van der Waals surface area contributed by atoms with Crippen molar-refractivity contribution >= 4 is 17.9 Å².